The fraction of sp³-hybridized carbons (Fsp3) is 0.533. The van der Waals surface area contributed by atoms with Crippen molar-refractivity contribution in [2.24, 2.45) is 11.8 Å². The molecule has 0 spiro atoms. The Morgan fingerprint density at radius 1 is 0.647 bits per heavy atom. The Hall–Kier alpha value is -2.62. The van der Waals surface area contributed by atoms with Crippen LogP contribution >= 0.6 is 0 Å². The third-order valence-corrected chi connectivity index (χ3v) is 7.87. The summed E-state index contributed by atoms with van der Waals surface area (Å²) < 4.78 is 11.3. The summed E-state index contributed by atoms with van der Waals surface area (Å²) in [4.78, 5) is 25.3. The molecule has 1 aliphatic rings. The van der Waals surface area contributed by atoms with Gasteiger partial charge in [0.25, 0.3) is 0 Å². The van der Waals surface area contributed by atoms with Gasteiger partial charge in [-0.25, -0.2) is 0 Å². The van der Waals surface area contributed by atoms with Gasteiger partial charge in [-0.1, -0.05) is 65.8 Å². The third kappa shape index (κ3) is 6.28. The molecule has 184 valence electrons. The number of carbonyl (C=O) groups excluding carboxylic acids is 2. The molecule has 0 aliphatic heterocycles. The van der Waals surface area contributed by atoms with Crippen LogP contribution in [0.15, 0.2) is 48.5 Å². The molecular weight excluding hydrogens is 424 g/mol. The van der Waals surface area contributed by atoms with E-state index in [4.69, 9.17) is 9.47 Å². The molecule has 0 amide bonds. The van der Waals surface area contributed by atoms with Gasteiger partial charge in [0.1, 0.15) is 11.5 Å². The van der Waals surface area contributed by atoms with Gasteiger partial charge in [0.05, 0.1) is 11.8 Å². The largest absolute Gasteiger partial charge is 0.426 e. The van der Waals surface area contributed by atoms with E-state index in [0.717, 1.165) is 12.8 Å². The average molecular weight is 465 g/mol. The van der Waals surface area contributed by atoms with E-state index in [2.05, 4.69) is 41.5 Å². The third-order valence-electron chi connectivity index (χ3n) is 7.87. The summed E-state index contributed by atoms with van der Waals surface area (Å²) in [6, 6.07) is 15.6. The first-order valence-electron chi connectivity index (χ1n) is 12.7. The minimum atomic E-state index is -0.205. The number of ether oxygens (including phenoxy) is 2. The first-order chi connectivity index (χ1) is 16.1. The molecule has 34 heavy (non-hydrogen) atoms. The van der Waals surface area contributed by atoms with Crippen molar-refractivity contribution in [3.8, 4) is 11.5 Å². The summed E-state index contributed by atoms with van der Waals surface area (Å²) in [6.45, 7) is 13.2. The van der Waals surface area contributed by atoms with Crippen LogP contribution in [0.2, 0.25) is 0 Å². The van der Waals surface area contributed by atoms with E-state index in [1.807, 2.05) is 48.5 Å². The second-order valence-corrected chi connectivity index (χ2v) is 10.9. The van der Waals surface area contributed by atoms with Crippen molar-refractivity contribution in [2.75, 3.05) is 0 Å². The molecule has 1 saturated carbocycles. The van der Waals surface area contributed by atoms with Gasteiger partial charge in [0, 0.05) is 0 Å². The molecule has 4 heteroatoms. The molecule has 0 saturated heterocycles. The van der Waals surface area contributed by atoms with E-state index in [1.165, 1.54) is 11.1 Å². The predicted octanol–water partition coefficient (Wildman–Crippen LogP) is 7.38. The molecule has 1 fully saturated rings. The van der Waals surface area contributed by atoms with Crippen LogP contribution < -0.4 is 9.47 Å². The Bertz CT molecular complexity index is 880. The molecule has 1 aliphatic carbocycles. The predicted molar refractivity (Wildman–Crippen MR) is 136 cm³/mol. The zero-order valence-corrected chi connectivity index (χ0v) is 21.6. The maximum absolute atomic E-state index is 12.7. The van der Waals surface area contributed by atoms with Crippen molar-refractivity contribution in [2.45, 2.75) is 90.9 Å². The second-order valence-electron chi connectivity index (χ2n) is 10.9. The van der Waals surface area contributed by atoms with Gasteiger partial charge in [-0.15, -0.1) is 0 Å². The molecule has 0 heterocycles. The van der Waals surface area contributed by atoms with Crippen LogP contribution in [-0.2, 0) is 20.4 Å². The number of benzene rings is 2. The zero-order chi connectivity index (χ0) is 24.9. The quantitative estimate of drug-likeness (QED) is 0.302. The van der Waals surface area contributed by atoms with Gasteiger partial charge in [-0.3, -0.25) is 9.59 Å². The molecule has 0 bridgehead atoms. The summed E-state index contributed by atoms with van der Waals surface area (Å²) in [5.74, 6) is 0.401. The monoisotopic (exact) mass is 464 g/mol. The first kappa shape index (κ1) is 26.0. The maximum atomic E-state index is 12.7. The lowest BCUT2D eigenvalue weighted by Crippen LogP contribution is -2.30. The van der Waals surface area contributed by atoms with Crippen LogP contribution in [0.5, 0.6) is 11.5 Å². The summed E-state index contributed by atoms with van der Waals surface area (Å²) in [6.07, 6.45) is 4.65. The second kappa shape index (κ2) is 10.8. The van der Waals surface area contributed by atoms with E-state index < -0.39 is 0 Å². The van der Waals surface area contributed by atoms with E-state index in [-0.39, 0.29) is 34.6 Å². The number of esters is 2. The highest BCUT2D eigenvalue weighted by molar-refractivity contribution is 5.77. The Labute approximate surface area is 205 Å². The number of hydrogen-bond acceptors (Lipinski definition) is 4. The van der Waals surface area contributed by atoms with Gasteiger partial charge in [0.2, 0.25) is 0 Å². The lowest BCUT2D eigenvalue weighted by atomic mass is 9.82. The average Bonchev–Trinajstić information content (AvgIpc) is 2.84. The van der Waals surface area contributed by atoms with Gasteiger partial charge in [0.15, 0.2) is 0 Å². The van der Waals surface area contributed by atoms with Crippen molar-refractivity contribution in [1.29, 1.82) is 0 Å². The van der Waals surface area contributed by atoms with Gasteiger partial charge in [-0.2, -0.15) is 0 Å². The highest BCUT2D eigenvalue weighted by Gasteiger charge is 2.32. The normalized spacial score (nSPS) is 18.9. The zero-order valence-electron chi connectivity index (χ0n) is 21.6. The summed E-state index contributed by atoms with van der Waals surface area (Å²) in [5.41, 5.74) is 2.67. The molecule has 3 rings (SSSR count). The SMILES string of the molecule is CCC(C)(C)c1ccc(OC(=O)[C@H]2CC[C@H](C(=O)Oc3ccc(C(C)(C)CC)cc3)CC2)cc1. The topological polar surface area (TPSA) is 52.6 Å². The van der Waals surface area contributed by atoms with E-state index >= 15 is 0 Å². The Morgan fingerprint density at radius 3 is 1.21 bits per heavy atom. The van der Waals surface area contributed by atoms with Crippen LogP contribution in [0.4, 0.5) is 0 Å². The van der Waals surface area contributed by atoms with Crippen LogP contribution in [-0.4, -0.2) is 11.9 Å². The molecule has 0 radical (unpaired) electrons. The maximum Gasteiger partial charge on any atom is 0.314 e. The van der Waals surface area contributed by atoms with Crippen molar-refractivity contribution >= 4 is 11.9 Å². The highest BCUT2D eigenvalue weighted by atomic mass is 16.5. The first-order valence-corrected chi connectivity index (χ1v) is 12.7. The Kier molecular flexibility index (Phi) is 8.22. The molecule has 4 nitrogen and oxygen atoms in total. The fourth-order valence-electron chi connectivity index (χ4n) is 4.32. The summed E-state index contributed by atoms with van der Waals surface area (Å²) in [7, 11) is 0. The summed E-state index contributed by atoms with van der Waals surface area (Å²) >= 11 is 0. The molecule has 2 aromatic rings. The van der Waals surface area contributed by atoms with Crippen molar-refractivity contribution in [1.82, 2.24) is 0 Å². The number of hydrogen-bond donors (Lipinski definition) is 0. The standard InChI is InChI=1S/C30H40O4/c1-7-29(3,4)23-13-17-25(18-14-23)33-27(31)21-9-11-22(12-10-21)28(32)34-26-19-15-24(16-20-26)30(5,6)8-2/h13-22H,7-12H2,1-6H3/t21-,22-. The molecule has 2 aromatic carbocycles. The smallest absolute Gasteiger partial charge is 0.314 e. The Morgan fingerprint density at radius 2 is 0.941 bits per heavy atom. The Balaban J connectivity index is 1.49. The van der Waals surface area contributed by atoms with Gasteiger partial charge in [-0.05, 0) is 84.7 Å². The summed E-state index contributed by atoms with van der Waals surface area (Å²) in [5, 5.41) is 0. The van der Waals surface area contributed by atoms with Crippen molar-refractivity contribution in [3.63, 3.8) is 0 Å². The van der Waals surface area contributed by atoms with Gasteiger partial charge >= 0.3 is 11.9 Å². The fourth-order valence-corrected chi connectivity index (χ4v) is 4.32. The van der Waals surface area contributed by atoms with E-state index in [0.29, 0.717) is 37.2 Å². The van der Waals surface area contributed by atoms with Crippen LogP contribution in [0, 0.1) is 11.8 Å². The van der Waals surface area contributed by atoms with Crippen molar-refractivity contribution < 1.29 is 19.1 Å². The lowest BCUT2D eigenvalue weighted by molar-refractivity contribution is -0.145. The number of carbonyl (C=O) groups is 2. The molecular formula is C30H40O4. The van der Waals surface area contributed by atoms with Crippen molar-refractivity contribution in [3.05, 3.63) is 59.7 Å². The highest BCUT2D eigenvalue weighted by Crippen LogP contribution is 2.33. The lowest BCUT2D eigenvalue weighted by Gasteiger charge is -2.26. The van der Waals surface area contributed by atoms with Crippen LogP contribution in [0.3, 0.4) is 0 Å². The van der Waals surface area contributed by atoms with Crippen LogP contribution in [0.1, 0.15) is 91.2 Å². The minimum Gasteiger partial charge on any atom is -0.426 e. The number of rotatable bonds is 8. The molecule has 0 aromatic heterocycles. The van der Waals surface area contributed by atoms with Gasteiger partial charge < -0.3 is 9.47 Å². The molecule has 0 unspecified atom stereocenters. The molecule has 0 atom stereocenters. The minimum absolute atomic E-state index is 0.101. The van der Waals surface area contributed by atoms with E-state index in [1.54, 1.807) is 0 Å². The van der Waals surface area contributed by atoms with E-state index in [9.17, 15) is 9.59 Å². The van der Waals surface area contributed by atoms with Crippen LogP contribution in [0.25, 0.3) is 0 Å². The molecule has 0 N–H and O–H groups in total.